The molecule has 1 heterocycles. The number of likely N-dealkylation sites (tertiary alicyclic amines) is 1. The summed E-state index contributed by atoms with van der Waals surface area (Å²) in [4.78, 5) is 13.3. The van der Waals surface area contributed by atoms with Crippen LogP contribution in [0.25, 0.3) is 0 Å². The molecule has 0 aromatic carbocycles. The van der Waals surface area contributed by atoms with Crippen LogP contribution in [-0.2, 0) is 9.53 Å². The minimum Gasteiger partial charge on any atom is -0.468 e. The van der Waals surface area contributed by atoms with Gasteiger partial charge < -0.3 is 4.74 Å². The summed E-state index contributed by atoms with van der Waals surface area (Å²) < 4.78 is 4.65. The van der Waals surface area contributed by atoms with E-state index in [1.165, 1.54) is 26.4 Å². The summed E-state index contributed by atoms with van der Waals surface area (Å²) in [6.45, 7) is 2.71. The van der Waals surface area contributed by atoms with E-state index in [1.54, 1.807) is 0 Å². The van der Waals surface area contributed by atoms with Gasteiger partial charge in [0.1, 0.15) is 0 Å². The van der Waals surface area contributed by atoms with Gasteiger partial charge in [0, 0.05) is 13.1 Å². The maximum Gasteiger partial charge on any atom is 0.319 e. The van der Waals surface area contributed by atoms with Gasteiger partial charge in [-0.15, -0.1) is 0 Å². The molecule has 2 unspecified atom stereocenters. The Hall–Kier alpha value is -0.570. The molecule has 1 saturated heterocycles. The standard InChI is InChI=1S/C10H17NO2/c1-13-10(12)7-11-5-8-3-2-4-9(8)6-11/h8-9H,2-7H2,1H3. The van der Waals surface area contributed by atoms with Crippen LogP contribution in [-0.4, -0.2) is 37.6 Å². The minimum atomic E-state index is -0.0972. The smallest absolute Gasteiger partial charge is 0.319 e. The second kappa shape index (κ2) is 3.66. The van der Waals surface area contributed by atoms with Crippen LogP contribution in [0.3, 0.4) is 0 Å². The maximum atomic E-state index is 11.0. The first-order valence-electron chi connectivity index (χ1n) is 5.09. The number of esters is 1. The third-order valence-electron chi connectivity index (χ3n) is 3.38. The first-order valence-corrected chi connectivity index (χ1v) is 5.09. The zero-order valence-electron chi connectivity index (χ0n) is 8.16. The Kier molecular flexibility index (Phi) is 2.54. The van der Waals surface area contributed by atoms with Gasteiger partial charge in [-0.3, -0.25) is 9.69 Å². The number of hydrogen-bond acceptors (Lipinski definition) is 3. The first-order chi connectivity index (χ1) is 6.29. The van der Waals surface area contributed by atoms with Crippen LogP contribution in [0.5, 0.6) is 0 Å². The van der Waals surface area contributed by atoms with Gasteiger partial charge >= 0.3 is 5.97 Å². The lowest BCUT2D eigenvalue weighted by atomic mass is 10.0. The third kappa shape index (κ3) is 1.85. The van der Waals surface area contributed by atoms with Gasteiger partial charge in [-0.1, -0.05) is 6.42 Å². The highest BCUT2D eigenvalue weighted by molar-refractivity contribution is 5.71. The highest BCUT2D eigenvalue weighted by Crippen LogP contribution is 2.37. The van der Waals surface area contributed by atoms with E-state index in [0.717, 1.165) is 24.9 Å². The molecule has 0 N–H and O–H groups in total. The molecule has 1 aliphatic heterocycles. The lowest BCUT2D eigenvalue weighted by molar-refractivity contribution is -0.141. The fourth-order valence-electron chi connectivity index (χ4n) is 2.71. The second-order valence-electron chi connectivity index (χ2n) is 4.22. The molecular formula is C10H17NO2. The quantitative estimate of drug-likeness (QED) is 0.595. The highest BCUT2D eigenvalue weighted by Gasteiger charge is 2.36. The molecule has 2 atom stereocenters. The molecule has 0 radical (unpaired) electrons. The van der Waals surface area contributed by atoms with Crippen molar-refractivity contribution in [3.63, 3.8) is 0 Å². The van der Waals surface area contributed by atoms with E-state index in [1.807, 2.05) is 0 Å². The number of hydrogen-bond donors (Lipinski definition) is 0. The van der Waals surface area contributed by atoms with E-state index in [0.29, 0.717) is 6.54 Å². The molecule has 1 saturated carbocycles. The topological polar surface area (TPSA) is 29.5 Å². The van der Waals surface area contributed by atoms with Gasteiger partial charge in [0.15, 0.2) is 0 Å². The van der Waals surface area contributed by atoms with E-state index in [4.69, 9.17) is 0 Å². The largest absolute Gasteiger partial charge is 0.468 e. The Balaban J connectivity index is 1.82. The molecule has 2 fully saturated rings. The molecule has 2 aliphatic rings. The summed E-state index contributed by atoms with van der Waals surface area (Å²) >= 11 is 0. The Morgan fingerprint density at radius 2 is 2.00 bits per heavy atom. The Morgan fingerprint density at radius 1 is 1.38 bits per heavy atom. The van der Waals surface area contributed by atoms with Crippen LogP contribution in [0.1, 0.15) is 19.3 Å². The van der Waals surface area contributed by atoms with E-state index in [2.05, 4.69) is 9.64 Å². The zero-order chi connectivity index (χ0) is 9.26. The molecular weight excluding hydrogens is 166 g/mol. The van der Waals surface area contributed by atoms with Gasteiger partial charge in [0.2, 0.25) is 0 Å². The van der Waals surface area contributed by atoms with Crippen molar-refractivity contribution < 1.29 is 9.53 Å². The predicted molar refractivity (Wildman–Crippen MR) is 49.3 cm³/mol. The van der Waals surface area contributed by atoms with Gasteiger partial charge in [-0.2, -0.15) is 0 Å². The molecule has 0 bridgehead atoms. The van der Waals surface area contributed by atoms with Gasteiger partial charge in [0.05, 0.1) is 13.7 Å². The molecule has 0 aromatic heterocycles. The third-order valence-corrected chi connectivity index (χ3v) is 3.38. The number of ether oxygens (including phenoxy) is 1. The second-order valence-corrected chi connectivity index (χ2v) is 4.22. The van der Waals surface area contributed by atoms with Crippen molar-refractivity contribution in [2.45, 2.75) is 19.3 Å². The number of methoxy groups -OCH3 is 1. The van der Waals surface area contributed by atoms with E-state index >= 15 is 0 Å². The van der Waals surface area contributed by atoms with Gasteiger partial charge in [0.25, 0.3) is 0 Å². The van der Waals surface area contributed by atoms with Gasteiger partial charge in [-0.25, -0.2) is 0 Å². The average molecular weight is 183 g/mol. The SMILES string of the molecule is COC(=O)CN1CC2CCCC2C1. The van der Waals surface area contributed by atoms with Crippen molar-refractivity contribution in [3.8, 4) is 0 Å². The molecule has 3 nitrogen and oxygen atoms in total. The Bertz CT molecular complexity index is 193. The Morgan fingerprint density at radius 3 is 2.54 bits per heavy atom. The average Bonchev–Trinajstić information content (AvgIpc) is 2.63. The molecule has 0 spiro atoms. The zero-order valence-corrected chi connectivity index (χ0v) is 8.16. The molecule has 0 amide bonds. The van der Waals surface area contributed by atoms with Crippen LogP contribution in [0.4, 0.5) is 0 Å². The number of carbonyl (C=O) groups is 1. The van der Waals surface area contributed by atoms with Gasteiger partial charge in [-0.05, 0) is 24.7 Å². The van der Waals surface area contributed by atoms with E-state index < -0.39 is 0 Å². The van der Waals surface area contributed by atoms with Crippen molar-refractivity contribution in [2.24, 2.45) is 11.8 Å². The maximum absolute atomic E-state index is 11.0. The summed E-state index contributed by atoms with van der Waals surface area (Å²) in [6, 6.07) is 0. The molecule has 3 heteroatoms. The summed E-state index contributed by atoms with van der Waals surface area (Å²) in [5, 5.41) is 0. The van der Waals surface area contributed by atoms with Crippen LogP contribution >= 0.6 is 0 Å². The van der Waals surface area contributed by atoms with Crippen molar-refractivity contribution in [2.75, 3.05) is 26.7 Å². The number of carbonyl (C=O) groups excluding carboxylic acids is 1. The van der Waals surface area contributed by atoms with E-state index in [9.17, 15) is 4.79 Å². The molecule has 1 aliphatic carbocycles. The normalized spacial score (nSPS) is 33.3. The lowest BCUT2D eigenvalue weighted by Crippen LogP contribution is -2.29. The summed E-state index contributed by atoms with van der Waals surface area (Å²) in [5.41, 5.74) is 0. The fourth-order valence-corrected chi connectivity index (χ4v) is 2.71. The molecule has 2 rings (SSSR count). The number of nitrogens with zero attached hydrogens (tertiary/aromatic N) is 1. The first kappa shape index (κ1) is 9.00. The van der Waals surface area contributed by atoms with Crippen molar-refractivity contribution >= 4 is 5.97 Å². The van der Waals surface area contributed by atoms with Crippen LogP contribution in [0.15, 0.2) is 0 Å². The minimum absolute atomic E-state index is 0.0972. The van der Waals surface area contributed by atoms with Crippen LogP contribution in [0, 0.1) is 11.8 Å². The van der Waals surface area contributed by atoms with E-state index in [-0.39, 0.29) is 5.97 Å². The molecule has 13 heavy (non-hydrogen) atoms. The van der Waals surface area contributed by atoms with Crippen LogP contribution < -0.4 is 0 Å². The summed E-state index contributed by atoms with van der Waals surface area (Å²) in [5.74, 6) is 1.63. The lowest BCUT2D eigenvalue weighted by Gasteiger charge is -2.14. The monoisotopic (exact) mass is 183 g/mol. The van der Waals surface area contributed by atoms with Crippen molar-refractivity contribution in [3.05, 3.63) is 0 Å². The van der Waals surface area contributed by atoms with Crippen molar-refractivity contribution in [1.29, 1.82) is 0 Å². The Labute approximate surface area is 79.0 Å². The molecule has 74 valence electrons. The number of fused-ring (bicyclic) bond motifs is 1. The fraction of sp³-hybridized carbons (Fsp3) is 0.900. The summed E-state index contributed by atoms with van der Waals surface area (Å²) in [7, 11) is 1.46. The predicted octanol–water partition coefficient (Wildman–Crippen LogP) is 0.891. The summed E-state index contributed by atoms with van der Waals surface area (Å²) in [6.07, 6.45) is 4.12. The highest BCUT2D eigenvalue weighted by atomic mass is 16.5. The molecule has 0 aromatic rings. The number of rotatable bonds is 2. The van der Waals surface area contributed by atoms with Crippen LogP contribution in [0.2, 0.25) is 0 Å². The van der Waals surface area contributed by atoms with Crippen molar-refractivity contribution in [1.82, 2.24) is 4.90 Å².